The minimum atomic E-state index is -0.502. The Labute approximate surface area is 95.5 Å². The Balaban J connectivity index is 2.34. The maximum atomic E-state index is 11.4. The molecule has 0 aromatic carbocycles. The van der Waals surface area contributed by atoms with Crippen molar-refractivity contribution in [2.45, 2.75) is 39.8 Å². The lowest BCUT2D eigenvalue weighted by Gasteiger charge is -2.07. The molecule has 1 rings (SSSR count). The lowest BCUT2D eigenvalue weighted by molar-refractivity contribution is -0.121. The summed E-state index contributed by atoms with van der Waals surface area (Å²) in [6.45, 7) is 6.41. The highest BCUT2D eigenvalue weighted by Crippen LogP contribution is 2.02. The van der Waals surface area contributed by atoms with Crippen LogP contribution >= 0.6 is 0 Å². The molecule has 1 aromatic heterocycles. The summed E-state index contributed by atoms with van der Waals surface area (Å²) in [6, 6.07) is 1.98. The fourth-order valence-electron chi connectivity index (χ4n) is 1.46. The lowest BCUT2D eigenvalue weighted by Crippen LogP contribution is -2.31. The molecule has 0 spiro atoms. The number of aliphatic hydroxyl groups is 1. The van der Waals surface area contributed by atoms with Gasteiger partial charge in [0.2, 0.25) is 5.91 Å². The first kappa shape index (κ1) is 12.7. The van der Waals surface area contributed by atoms with Gasteiger partial charge in [-0.3, -0.25) is 9.48 Å². The summed E-state index contributed by atoms with van der Waals surface area (Å²) in [6.07, 6.45) is -0.119. The van der Waals surface area contributed by atoms with Crippen LogP contribution in [0.1, 0.15) is 24.7 Å². The van der Waals surface area contributed by atoms with Crippen molar-refractivity contribution in [3.63, 3.8) is 0 Å². The number of aryl methyl sites for hydroxylation is 3. The Bertz CT molecular complexity index is 358. The molecule has 0 radical (unpaired) electrons. The molecular formula is C11H19N3O2. The van der Waals surface area contributed by atoms with E-state index in [1.807, 2.05) is 24.6 Å². The standard InChI is InChI=1S/C11H19N3O2/c1-8-6-9(2)14(13-8)5-4-11(16)12-7-10(3)15/h6,10,15H,4-5,7H2,1-3H3,(H,12,16). The van der Waals surface area contributed by atoms with Crippen molar-refractivity contribution in [2.24, 2.45) is 0 Å². The van der Waals surface area contributed by atoms with Crippen molar-refractivity contribution in [3.05, 3.63) is 17.5 Å². The molecule has 0 aliphatic heterocycles. The van der Waals surface area contributed by atoms with Crippen LogP contribution in [-0.4, -0.2) is 33.4 Å². The first-order valence-corrected chi connectivity index (χ1v) is 5.45. The van der Waals surface area contributed by atoms with E-state index in [2.05, 4.69) is 10.4 Å². The van der Waals surface area contributed by atoms with E-state index in [0.29, 0.717) is 19.5 Å². The molecule has 0 saturated carbocycles. The van der Waals surface area contributed by atoms with Crippen LogP contribution in [0.4, 0.5) is 0 Å². The highest BCUT2D eigenvalue weighted by molar-refractivity contribution is 5.75. The molecule has 16 heavy (non-hydrogen) atoms. The fraction of sp³-hybridized carbons (Fsp3) is 0.636. The molecule has 5 nitrogen and oxygen atoms in total. The van der Waals surface area contributed by atoms with Gasteiger partial charge in [-0.1, -0.05) is 0 Å². The van der Waals surface area contributed by atoms with E-state index in [1.54, 1.807) is 6.92 Å². The van der Waals surface area contributed by atoms with Gasteiger partial charge in [0.25, 0.3) is 0 Å². The van der Waals surface area contributed by atoms with Gasteiger partial charge in [-0.15, -0.1) is 0 Å². The van der Waals surface area contributed by atoms with Gasteiger partial charge in [0.15, 0.2) is 0 Å². The topological polar surface area (TPSA) is 67.2 Å². The number of aliphatic hydroxyl groups excluding tert-OH is 1. The second-order valence-corrected chi connectivity index (χ2v) is 4.05. The first-order valence-electron chi connectivity index (χ1n) is 5.45. The first-order chi connectivity index (χ1) is 7.49. The number of nitrogens with one attached hydrogen (secondary N) is 1. The Morgan fingerprint density at radius 2 is 2.31 bits per heavy atom. The van der Waals surface area contributed by atoms with Crippen LogP contribution in [0.2, 0.25) is 0 Å². The monoisotopic (exact) mass is 225 g/mol. The van der Waals surface area contributed by atoms with Crippen molar-refractivity contribution < 1.29 is 9.90 Å². The molecule has 90 valence electrons. The predicted octanol–water partition coefficient (Wildman–Crippen LogP) is 0.387. The number of hydrogen-bond donors (Lipinski definition) is 2. The molecule has 0 aliphatic carbocycles. The molecule has 2 N–H and O–H groups in total. The van der Waals surface area contributed by atoms with Crippen molar-refractivity contribution >= 4 is 5.91 Å². The molecule has 0 fully saturated rings. The third-order valence-electron chi connectivity index (χ3n) is 2.25. The summed E-state index contributed by atoms with van der Waals surface area (Å²) in [5.41, 5.74) is 2.02. The van der Waals surface area contributed by atoms with Crippen molar-refractivity contribution in [3.8, 4) is 0 Å². The van der Waals surface area contributed by atoms with Gasteiger partial charge in [-0.05, 0) is 26.8 Å². The molecule has 5 heteroatoms. The molecule has 0 aliphatic rings. The number of aromatic nitrogens is 2. The van der Waals surface area contributed by atoms with E-state index >= 15 is 0 Å². The van der Waals surface area contributed by atoms with Gasteiger partial charge < -0.3 is 10.4 Å². The Kier molecular flexibility index (Phi) is 4.49. The molecule has 1 atom stereocenters. The summed E-state index contributed by atoms with van der Waals surface area (Å²) in [4.78, 5) is 11.4. The molecule has 1 unspecified atom stereocenters. The number of amides is 1. The van der Waals surface area contributed by atoms with Gasteiger partial charge >= 0.3 is 0 Å². The van der Waals surface area contributed by atoms with Gasteiger partial charge in [-0.25, -0.2) is 0 Å². The predicted molar refractivity (Wildman–Crippen MR) is 61.0 cm³/mol. The number of rotatable bonds is 5. The number of carbonyl (C=O) groups excluding carboxylic acids is 1. The normalized spacial score (nSPS) is 12.5. The minimum absolute atomic E-state index is 0.0616. The maximum Gasteiger partial charge on any atom is 0.221 e. The van der Waals surface area contributed by atoms with E-state index in [9.17, 15) is 4.79 Å². The van der Waals surface area contributed by atoms with Crippen LogP contribution < -0.4 is 5.32 Å². The molecule has 1 amide bonds. The molecule has 1 heterocycles. The summed E-state index contributed by atoms with van der Waals surface area (Å²) in [7, 11) is 0. The van der Waals surface area contributed by atoms with Crippen LogP contribution in [0.15, 0.2) is 6.07 Å². The second kappa shape index (κ2) is 5.65. The van der Waals surface area contributed by atoms with Crippen LogP contribution in [0.3, 0.4) is 0 Å². The highest BCUT2D eigenvalue weighted by atomic mass is 16.3. The largest absolute Gasteiger partial charge is 0.392 e. The maximum absolute atomic E-state index is 11.4. The Morgan fingerprint density at radius 1 is 1.62 bits per heavy atom. The second-order valence-electron chi connectivity index (χ2n) is 4.05. The lowest BCUT2D eigenvalue weighted by atomic mass is 10.3. The highest BCUT2D eigenvalue weighted by Gasteiger charge is 2.05. The minimum Gasteiger partial charge on any atom is -0.392 e. The van der Waals surface area contributed by atoms with Crippen molar-refractivity contribution in [2.75, 3.05) is 6.54 Å². The average molecular weight is 225 g/mol. The van der Waals surface area contributed by atoms with Crippen LogP contribution in [0, 0.1) is 13.8 Å². The average Bonchev–Trinajstić information content (AvgIpc) is 2.51. The Hall–Kier alpha value is -1.36. The third kappa shape index (κ3) is 4.02. The van der Waals surface area contributed by atoms with Gasteiger partial charge in [0.05, 0.1) is 11.8 Å². The van der Waals surface area contributed by atoms with Gasteiger partial charge in [0, 0.05) is 25.2 Å². The summed E-state index contributed by atoms with van der Waals surface area (Å²) in [5.74, 6) is -0.0616. The van der Waals surface area contributed by atoms with Gasteiger partial charge in [-0.2, -0.15) is 5.10 Å². The van der Waals surface area contributed by atoms with E-state index in [-0.39, 0.29) is 5.91 Å². The summed E-state index contributed by atoms with van der Waals surface area (Å²) in [5, 5.41) is 15.9. The smallest absolute Gasteiger partial charge is 0.221 e. The SMILES string of the molecule is Cc1cc(C)n(CCC(=O)NCC(C)O)n1. The van der Waals surface area contributed by atoms with Crippen LogP contribution in [0.25, 0.3) is 0 Å². The van der Waals surface area contributed by atoms with Crippen LogP contribution in [0.5, 0.6) is 0 Å². The van der Waals surface area contributed by atoms with E-state index < -0.39 is 6.10 Å². The number of carbonyl (C=O) groups is 1. The molecule has 1 aromatic rings. The summed E-state index contributed by atoms with van der Waals surface area (Å²) >= 11 is 0. The Morgan fingerprint density at radius 3 is 2.81 bits per heavy atom. The third-order valence-corrected chi connectivity index (χ3v) is 2.25. The van der Waals surface area contributed by atoms with Crippen molar-refractivity contribution in [1.29, 1.82) is 0 Å². The number of nitrogens with zero attached hydrogens (tertiary/aromatic N) is 2. The van der Waals surface area contributed by atoms with E-state index in [1.165, 1.54) is 0 Å². The molecule has 0 bridgehead atoms. The zero-order valence-corrected chi connectivity index (χ0v) is 10.0. The number of hydrogen-bond acceptors (Lipinski definition) is 3. The molecular weight excluding hydrogens is 206 g/mol. The zero-order chi connectivity index (χ0) is 12.1. The van der Waals surface area contributed by atoms with E-state index in [0.717, 1.165) is 11.4 Å². The zero-order valence-electron chi connectivity index (χ0n) is 10.0. The van der Waals surface area contributed by atoms with Crippen molar-refractivity contribution in [1.82, 2.24) is 15.1 Å². The van der Waals surface area contributed by atoms with E-state index in [4.69, 9.17) is 5.11 Å². The van der Waals surface area contributed by atoms with Crippen LogP contribution in [-0.2, 0) is 11.3 Å². The quantitative estimate of drug-likeness (QED) is 0.761. The van der Waals surface area contributed by atoms with Gasteiger partial charge in [0.1, 0.15) is 0 Å². The summed E-state index contributed by atoms with van der Waals surface area (Å²) < 4.78 is 1.82. The fourth-order valence-corrected chi connectivity index (χ4v) is 1.46. The molecule has 0 saturated heterocycles.